The molecule has 5 heteroatoms. The van der Waals surface area contributed by atoms with Crippen molar-refractivity contribution in [3.8, 4) is 0 Å². The fourth-order valence-corrected chi connectivity index (χ4v) is 26.0. The van der Waals surface area contributed by atoms with Crippen LogP contribution in [-0.2, 0) is 13.6 Å². The van der Waals surface area contributed by atoms with Gasteiger partial charge in [-0.25, -0.2) is 0 Å². The molecule has 4 rings (SSSR count). The molecule has 0 amide bonds. The first-order valence-corrected chi connectivity index (χ1v) is 19.9. The van der Waals surface area contributed by atoms with E-state index in [0.717, 1.165) is 8.89 Å². The summed E-state index contributed by atoms with van der Waals surface area (Å²) in [6, 6.07) is 41.6. The van der Waals surface area contributed by atoms with E-state index in [9.17, 15) is 4.57 Å². The Kier molecular flexibility index (Phi) is 9.76. The predicted molar refractivity (Wildman–Crippen MR) is 158 cm³/mol. The van der Waals surface area contributed by atoms with E-state index in [1.54, 1.807) is 0 Å². The molecule has 0 aliphatic carbocycles. The zero-order valence-corrected chi connectivity index (χ0v) is 25.1. The molecule has 37 heavy (non-hydrogen) atoms. The van der Waals surface area contributed by atoms with Crippen LogP contribution in [0.3, 0.4) is 0 Å². The summed E-state index contributed by atoms with van der Waals surface area (Å²) in [5.74, 6) is 0. The van der Waals surface area contributed by atoms with Gasteiger partial charge in [0.2, 0.25) is 0 Å². The number of hydrogen-bond acceptors (Lipinski definition) is 3. The minimum absolute atomic E-state index is 0.289. The summed E-state index contributed by atoms with van der Waals surface area (Å²) in [6.07, 6.45) is 6.05. The van der Waals surface area contributed by atoms with E-state index in [1.165, 1.54) is 10.7 Å². The van der Waals surface area contributed by atoms with Gasteiger partial charge in [-0.3, -0.25) is 0 Å². The van der Waals surface area contributed by atoms with E-state index in [1.807, 2.05) is 68.5 Å². The van der Waals surface area contributed by atoms with Gasteiger partial charge in [0.15, 0.2) is 0 Å². The van der Waals surface area contributed by atoms with Crippen molar-refractivity contribution in [2.45, 2.75) is 13.8 Å². The maximum atomic E-state index is 14.8. The second kappa shape index (κ2) is 13.2. The Hall–Kier alpha value is -2.69. The molecule has 0 atom stereocenters. The Morgan fingerprint density at radius 3 is 1.41 bits per heavy atom. The quantitative estimate of drug-likeness (QED) is 0.109. The van der Waals surface area contributed by atoms with Gasteiger partial charge in [0.05, 0.1) is 0 Å². The Morgan fingerprint density at radius 1 is 0.649 bits per heavy atom. The average molecular weight is 615 g/mol. The summed E-state index contributed by atoms with van der Waals surface area (Å²) in [5.41, 5.74) is 1.07. The van der Waals surface area contributed by atoms with E-state index < -0.39 is 26.0 Å². The third-order valence-corrected chi connectivity index (χ3v) is 25.7. The molecule has 0 saturated heterocycles. The first kappa shape index (κ1) is 27.3. The molecule has 0 radical (unpaired) electrons. The standard InChI is InChI=1S/C14H18O3P.3C6H5.Sn/c1-3-16-18(15,17-4-2)13-9-8-12-14-10-6-5-7-11-14;3*1-2-4-6-5-3-1;/h5-12H,3-4H2,1-2H3;3*1-5H;/b12-8+,13-9?;;;;. The van der Waals surface area contributed by atoms with Gasteiger partial charge in [0, 0.05) is 0 Å². The van der Waals surface area contributed by atoms with Crippen LogP contribution < -0.4 is 10.7 Å². The van der Waals surface area contributed by atoms with Gasteiger partial charge in [-0.2, -0.15) is 0 Å². The van der Waals surface area contributed by atoms with Crippen LogP contribution in [0.5, 0.6) is 0 Å². The van der Waals surface area contributed by atoms with E-state index >= 15 is 0 Å². The summed E-state index contributed by atoms with van der Waals surface area (Å²) in [7, 11) is -3.67. The molecule has 0 bridgehead atoms. The molecule has 0 spiro atoms. The monoisotopic (exact) mass is 616 g/mol. The number of rotatable bonds is 11. The second-order valence-electron chi connectivity index (χ2n) is 8.50. The summed E-state index contributed by atoms with van der Waals surface area (Å²) in [6.45, 7) is 4.32. The van der Waals surface area contributed by atoms with Crippen molar-refractivity contribution in [3.05, 3.63) is 142 Å². The first-order valence-electron chi connectivity index (χ1n) is 12.6. The SMILES string of the molecule is CCOP(=O)(OCC)/[C](=C\C=C\c1ccccc1)[Sn]([c]1ccccc1)([c]1ccccc1)[c]1ccccc1. The van der Waals surface area contributed by atoms with Crippen LogP contribution in [0, 0.1) is 0 Å². The zero-order chi connectivity index (χ0) is 26.0. The van der Waals surface area contributed by atoms with E-state index in [0.29, 0.717) is 0 Å². The fourth-order valence-electron chi connectivity index (χ4n) is 4.76. The van der Waals surface area contributed by atoms with Crippen LogP contribution >= 0.6 is 7.60 Å². The Balaban J connectivity index is 2.11. The average Bonchev–Trinajstić information content (AvgIpc) is 2.95. The van der Waals surface area contributed by atoms with Gasteiger partial charge in [-0.1, -0.05) is 0 Å². The zero-order valence-electron chi connectivity index (χ0n) is 21.4. The van der Waals surface area contributed by atoms with E-state index in [2.05, 4.69) is 84.9 Å². The summed E-state index contributed by atoms with van der Waals surface area (Å²) < 4.78 is 31.3. The van der Waals surface area contributed by atoms with Crippen LogP contribution in [-0.4, -0.2) is 31.6 Å². The van der Waals surface area contributed by atoms with Crippen molar-refractivity contribution in [3.63, 3.8) is 0 Å². The van der Waals surface area contributed by atoms with Gasteiger partial charge in [-0.15, -0.1) is 0 Å². The molecule has 4 aromatic rings. The Morgan fingerprint density at radius 2 is 1.03 bits per heavy atom. The molecule has 0 heterocycles. The molecule has 188 valence electrons. The molecular weight excluding hydrogens is 582 g/mol. The molecule has 0 fully saturated rings. The van der Waals surface area contributed by atoms with Crippen LogP contribution in [0.15, 0.2) is 137 Å². The van der Waals surface area contributed by atoms with Gasteiger partial charge in [0.25, 0.3) is 0 Å². The maximum absolute atomic E-state index is 14.8. The van der Waals surface area contributed by atoms with Crippen LogP contribution in [0.2, 0.25) is 0 Å². The van der Waals surface area contributed by atoms with Gasteiger partial charge >= 0.3 is 226 Å². The molecule has 0 unspecified atom stereocenters. The third-order valence-electron chi connectivity index (χ3n) is 6.24. The number of benzene rings is 4. The number of allylic oxidation sites excluding steroid dienone is 2. The Labute approximate surface area is 224 Å². The number of hydrogen-bond donors (Lipinski definition) is 0. The minimum atomic E-state index is -4.22. The molecule has 4 aromatic carbocycles. The molecular formula is C32H33O3PSn. The molecule has 0 saturated carbocycles. The van der Waals surface area contributed by atoms with Crippen LogP contribution in [0.4, 0.5) is 0 Å². The predicted octanol–water partition coefficient (Wildman–Crippen LogP) is 6.56. The molecule has 0 aliphatic rings. The van der Waals surface area contributed by atoms with E-state index in [-0.39, 0.29) is 13.2 Å². The van der Waals surface area contributed by atoms with Gasteiger partial charge < -0.3 is 0 Å². The molecule has 0 aromatic heterocycles. The summed E-state index contributed by atoms with van der Waals surface area (Å²) >= 11 is -4.22. The van der Waals surface area contributed by atoms with Crippen molar-refractivity contribution in [1.29, 1.82) is 0 Å². The molecule has 0 N–H and O–H groups in total. The van der Waals surface area contributed by atoms with Crippen molar-refractivity contribution < 1.29 is 13.6 Å². The van der Waals surface area contributed by atoms with Crippen molar-refractivity contribution in [1.82, 2.24) is 0 Å². The first-order chi connectivity index (χ1) is 18.1. The Bertz CT molecular complexity index is 1250. The van der Waals surface area contributed by atoms with Crippen molar-refractivity contribution in [2.24, 2.45) is 0 Å². The normalized spacial score (nSPS) is 12.6. The topological polar surface area (TPSA) is 35.5 Å². The summed E-state index contributed by atoms with van der Waals surface area (Å²) in [5, 5.41) is 0. The summed E-state index contributed by atoms with van der Waals surface area (Å²) in [4.78, 5) is 0. The van der Waals surface area contributed by atoms with Crippen molar-refractivity contribution >= 4 is 42.8 Å². The third kappa shape index (κ3) is 6.08. The molecule has 0 aliphatic heterocycles. The molecule has 3 nitrogen and oxygen atoms in total. The van der Waals surface area contributed by atoms with Crippen LogP contribution in [0.25, 0.3) is 6.08 Å². The second-order valence-corrected chi connectivity index (χ2v) is 22.5. The van der Waals surface area contributed by atoms with E-state index in [4.69, 9.17) is 9.05 Å². The van der Waals surface area contributed by atoms with Crippen LogP contribution in [0.1, 0.15) is 19.4 Å². The van der Waals surface area contributed by atoms with Gasteiger partial charge in [0.1, 0.15) is 0 Å². The van der Waals surface area contributed by atoms with Gasteiger partial charge in [-0.05, 0) is 0 Å². The van der Waals surface area contributed by atoms with Crippen molar-refractivity contribution in [2.75, 3.05) is 13.2 Å². The fraction of sp³-hybridized carbons (Fsp3) is 0.125.